The fourth-order valence-corrected chi connectivity index (χ4v) is 1.48. The number of nitrogens with two attached hydrogens (primary N) is 1. The molecule has 1 aromatic carbocycles. The molecule has 1 unspecified atom stereocenters. The Morgan fingerprint density at radius 3 is 2.88 bits per heavy atom. The van der Waals surface area contributed by atoms with Crippen LogP contribution in [0.3, 0.4) is 0 Å². The molecule has 2 aromatic rings. The highest BCUT2D eigenvalue weighted by atomic mass is 16.5. The van der Waals surface area contributed by atoms with Gasteiger partial charge >= 0.3 is 0 Å². The Morgan fingerprint density at radius 1 is 1.44 bits per heavy atom. The number of nitrogens with one attached hydrogen (secondary N) is 1. The normalized spacial score (nSPS) is 12.4. The molecule has 1 heterocycles. The van der Waals surface area contributed by atoms with Crippen molar-refractivity contribution in [1.82, 2.24) is 15.2 Å². The Hall–Kier alpha value is -1.88. The number of aryl methyl sites for hydroxylation is 1. The van der Waals surface area contributed by atoms with E-state index in [1.54, 1.807) is 7.11 Å². The summed E-state index contributed by atoms with van der Waals surface area (Å²) >= 11 is 0. The van der Waals surface area contributed by atoms with Crippen LogP contribution < -0.4 is 10.5 Å². The molecule has 0 spiro atoms. The molecular formula is C11H14N4O. The summed E-state index contributed by atoms with van der Waals surface area (Å²) in [5, 5.41) is 6.82. The number of hydrogen-bond acceptors (Lipinski definition) is 4. The smallest absolute Gasteiger partial charge is 0.171 e. The van der Waals surface area contributed by atoms with E-state index >= 15 is 0 Å². The molecule has 84 valence electrons. The van der Waals surface area contributed by atoms with Crippen LogP contribution in [-0.2, 0) is 0 Å². The Balaban J connectivity index is 2.29. The third-order valence-electron chi connectivity index (χ3n) is 2.35. The number of ether oxygens (including phenoxy) is 1. The first-order valence-corrected chi connectivity index (χ1v) is 4.99. The van der Waals surface area contributed by atoms with E-state index in [4.69, 9.17) is 10.5 Å². The van der Waals surface area contributed by atoms with E-state index < -0.39 is 0 Å². The quantitative estimate of drug-likeness (QED) is 0.810. The number of H-pyrrole nitrogens is 1. The van der Waals surface area contributed by atoms with Crippen LogP contribution in [0.25, 0.3) is 0 Å². The summed E-state index contributed by atoms with van der Waals surface area (Å²) in [5.74, 6) is 2.12. The summed E-state index contributed by atoms with van der Waals surface area (Å²) in [4.78, 5) is 4.21. The van der Waals surface area contributed by atoms with Gasteiger partial charge in [-0.2, -0.15) is 5.10 Å². The van der Waals surface area contributed by atoms with Crippen LogP contribution in [0.4, 0.5) is 0 Å². The number of hydrogen-bond donors (Lipinski definition) is 2. The highest BCUT2D eigenvalue weighted by Crippen LogP contribution is 2.20. The van der Waals surface area contributed by atoms with Crippen molar-refractivity contribution in [3.63, 3.8) is 0 Å². The number of methoxy groups -OCH3 is 1. The molecule has 0 aliphatic heterocycles. The Bertz CT molecular complexity index is 480. The van der Waals surface area contributed by atoms with Crippen LogP contribution in [0.5, 0.6) is 5.75 Å². The van der Waals surface area contributed by atoms with Crippen molar-refractivity contribution in [3.8, 4) is 5.75 Å². The van der Waals surface area contributed by atoms with Gasteiger partial charge in [-0.1, -0.05) is 12.1 Å². The number of benzene rings is 1. The van der Waals surface area contributed by atoms with E-state index in [1.165, 1.54) is 0 Å². The van der Waals surface area contributed by atoms with E-state index in [2.05, 4.69) is 15.2 Å². The van der Waals surface area contributed by atoms with Crippen molar-refractivity contribution in [2.24, 2.45) is 5.73 Å². The molecule has 0 aliphatic rings. The maximum absolute atomic E-state index is 6.05. The van der Waals surface area contributed by atoms with Gasteiger partial charge in [0.05, 0.1) is 13.2 Å². The average molecular weight is 218 g/mol. The van der Waals surface area contributed by atoms with E-state index in [0.717, 1.165) is 17.1 Å². The van der Waals surface area contributed by atoms with Crippen LogP contribution >= 0.6 is 0 Å². The maximum Gasteiger partial charge on any atom is 0.171 e. The molecule has 1 atom stereocenters. The minimum Gasteiger partial charge on any atom is -0.497 e. The monoisotopic (exact) mass is 218 g/mol. The topological polar surface area (TPSA) is 76.8 Å². The third kappa shape index (κ3) is 2.04. The standard InChI is InChI=1S/C11H14N4O/c1-7-13-11(15-14-7)10(12)8-4-3-5-9(6-8)16-2/h3-6,10H,12H2,1-2H3,(H,13,14,15). The first kappa shape index (κ1) is 10.6. The molecule has 0 amide bonds. The molecule has 0 fully saturated rings. The molecule has 3 N–H and O–H groups in total. The lowest BCUT2D eigenvalue weighted by molar-refractivity contribution is 0.414. The van der Waals surface area contributed by atoms with Crippen molar-refractivity contribution in [3.05, 3.63) is 41.5 Å². The van der Waals surface area contributed by atoms with Gasteiger partial charge < -0.3 is 10.5 Å². The molecule has 0 saturated heterocycles. The molecule has 2 rings (SSSR count). The summed E-state index contributed by atoms with van der Waals surface area (Å²) in [7, 11) is 1.63. The van der Waals surface area contributed by atoms with Gasteiger partial charge in [0.1, 0.15) is 11.6 Å². The third-order valence-corrected chi connectivity index (χ3v) is 2.35. The molecular weight excluding hydrogens is 204 g/mol. The van der Waals surface area contributed by atoms with Crippen LogP contribution in [0, 0.1) is 6.92 Å². The van der Waals surface area contributed by atoms with E-state index in [-0.39, 0.29) is 6.04 Å². The second kappa shape index (κ2) is 4.32. The lowest BCUT2D eigenvalue weighted by Crippen LogP contribution is -2.13. The second-order valence-electron chi connectivity index (χ2n) is 3.53. The van der Waals surface area contributed by atoms with E-state index in [1.807, 2.05) is 31.2 Å². The fraction of sp³-hybridized carbons (Fsp3) is 0.273. The molecule has 0 saturated carbocycles. The second-order valence-corrected chi connectivity index (χ2v) is 3.53. The first-order valence-electron chi connectivity index (χ1n) is 4.99. The zero-order chi connectivity index (χ0) is 11.5. The number of aromatic nitrogens is 3. The summed E-state index contributed by atoms with van der Waals surface area (Å²) in [5.41, 5.74) is 6.98. The highest BCUT2D eigenvalue weighted by molar-refractivity contribution is 5.32. The first-order chi connectivity index (χ1) is 7.70. The largest absolute Gasteiger partial charge is 0.497 e. The van der Waals surface area contributed by atoms with Crippen molar-refractivity contribution < 1.29 is 4.74 Å². The number of nitrogens with zero attached hydrogens (tertiary/aromatic N) is 2. The van der Waals surface area contributed by atoms with Gasteiger partial charge in [-0.25, -0.2) is 4.98 Å². The summed E-state index contributed by atoms with van der Waals surface area (Å²) in [6, 6.07) is 7.25. The minimum atomic E-state index is -0.333. The maximum atomic E-state index is 6.05. The van der Waals surface area contributed by atoms with Gasteiger partial charge in [0.15, 0.2) is 5.82 Å². The summed E-state index contributed by atoms with van der Waals surface area (Å²) in [6.07, 6.45) is 0. The SMILES string of the molecule is COc1cccc(C(N)c2n[nH]c(C)n2)c1. The summed E-state index contributed by atoms with van der Waals surface area (Å²) in [6.45, 7) is 1.84. The predicted molar refractivity (Wildman–Crippen MR) is 60.1 cm³/mol. The molecule has 0 bridgehead atoms. The van der Waals surface area contributed by atoms with E-state index in [9.17, 15) is 0 Å². The molecule has 5 nitrogen and oxygen atoms in total. The molecule has 16 heavy (non-hydrogen) atoms. The lowest BCUT2D eigenvalue weighted by Gasteiger charge is -2.09. The Kier molecular flexibility index (Phi) is 2.87. The van der Waals surface area contributed by atoms with Crippen molar-refractivity contribution >= 4 is 0 Å². The number of aromatic amines is 1. The zero-order valence-corrected chi connectivity index (χ0v) is 9.27. The van der Waals surface area contributed by atoms with Crippen molar-refractivity contribution in [2.75, 3.05) is 7.11 Å². The van der Waals surface area contributed by atoms with Gasteiger partial charge in [-0.05, 0) is 24.6 Å². The molecule has 1 aromatic heterocycles. The van der Waals surface area contributed by atoms with Crippen molar-refractivity contribution in [2.45, 2.75) is 13.0 Å². The fourth-order valence-electron chi connectivity index (χ4n) is 1.48. The van der Waals surface area contributed by atoms with Crippen LogP contribution in [0.2, 0.25) is 0 Å². The minimum absolute atomic E-state index is 0.333. The van der Waals surface area contributed by atoms with Gasteiger partial charge in [-0.15, -0.1) is 0 Å². The van der Waals surface area contributed by atoms with Crippen LogP contribution in [0.1, 0.15) is 23.3 Å². The van der Waals surface area contributed by atoms with Crippen LogP contribution in [-0.4, -0.2) is 22.3 Å². The molecule has 5 heteroatoms. The Labute approximate surface area is 93.7 Å². The molecule has 0 aliphatic carbocycles. The van der Waals surface area contributed by atoms with Gasteiger partial charge in [-0.3, -0.25) is 5.10 Å². The van der Waals surface area contributed by atoms with Crippen LogP contribution in [0.15, 0.2) is 24.3 Å². The highest BCUT2D eigenvalue weighted by Gasteiger charge is 2.13. The van der Waals surface area contributed by atoms with Gasteiger partial charge in [0.25, 0.3) is 0 Å². The van der Waals surface area contributed by atoms with Gasteiger partial charge in [0, 0.05) is 0 Å². The van der Waals surface area contributed by atoms with Crippen molar-refractivity contribution in [1.29, 1.82) is 0 Å². The van der Waals surface area contributed by atoms with Gasteiger partial charge in [0.2, 0.25) is 0 Å². The number of rotatable bonds is 3. The average Bonchev–Trinajstić information content (AvgIpc) is 2.75. The lowest BCUT2D eigenvalue weighted by atomic mass is 10.1. The predicted octanol–water partition coefficient (Wildman–Crippen LogP) is 1.17. The van der Waals surface area contributed by atoms with E-state index in [0.29, 0.717) is 5.82 Å². The zero-order valence-electron chi connectivity index (χ0n) is 9.27. The summed E-state index contributed by atoms with van der Waals surface area (Å²) < 4.78 is 5.14. The Morgan fingerprint density at radius 2 is 2.25 bits per heavy atom. The molecule has 0 radical (unpaired) electrons.